The SMILES string of the molecule is CC[C@@H](C(=O)N(C)[C@@H]1CCNC[C@H]1c1ccc(F)cc1C)c1cc(C)cc(C)c1. The summed E-state index contributed by atoms with van der Waals surface area (Å²) in [4.78, 5) is 15.5. The van der Waals surface area contributed by atoms with Gasteiger partial charge in [0.05, 0.1) is 5.92 Å². The van der Waals surface area contributed by atoms with E-state index in [2.05, 4.69) is 44.3 Å². The number of benzene rings is 2. The molecule has 0 unspecified atom stereocenters. The van der Waals surface area contributed by atoms with E-state index in [9.17, 15) is 9.18 Å². The fraction of sp³-hybridized carbons (Fsp3) is 0.480. The third-order valence-corrected chi connectivity index (χ3v) is 6.27. The third kappa shape index (κ3) is 4.69. The average molecular weight is 397 g/mol. The normalized spacial score (nSPS) is 20.3. The molecule has 2 aromatic rings. The Bertz CT molecular complexity index is 859. The number of halogens is 1. The second-order valence-corrected chi connectivity index (χ2v) is 8.50. The molecule has 1 N–H and O–H groups in total. The molecule has 1 aliphatic rings. The van der Waals surface area contributed by atoms with Crippen molar-refractivity contribution in [3.8, 4) is 0 Å². The molecule has 0 bridgehead atoms. The Hall–Kier alpha value is -2.20. The number of amides is 1. The number of piperidine rings is 1. The molecular formula is C25H33FN2O. The maximum absolute atomic E-state index is 13.6. The highest BCUT2D eigenvalue weighted by atomic mass is 19.1. The molecule has 1 heterocycles. The van der Waals surface area contributed by atoms with E-state index in [0.717, 1.165) is 42.6 Å². The minimum Gasteiger partial charge on any atom is -0.342 e. The van der Waals surface area contributed by atoms with Crippen molar-refractivity contribution in [2.45, 2.75) is 58.4 Å². The number of hydrogen-bond donors (Lipinski definition) is 1. The molecule has 0 radical (unpaired) electrons. The molecule has 1 fully saturated rings. The van der Waals surface area contributed by atoms with Crippen LogP contribution in [0.25, 0.3) is 0 Å². The van der Waals surface area contributed by atoms with Crippen molar-refractivity contribution in [2.24, 2.45) is 0 Å². The number of carbonyl (C=O) groups is 1. The molecule has 3 atom stereocenters. The van der Waals surface area contributed by atoms with Gasteiger partial charge in [0.15, 0.2) is 0 Å². The predicted octanol–water partition coefficient (Wildman–Crippen LogP) is 4.85. The van der Waals surface area contributed by atoms with Gasteiger partial charge in [-0.25, -0.2) is 4.39 Å². The summed E-state index contributed by atoms with van der Waals surface area (Å²) in [7, 11) is 1.94. The van der Waals surface area contributed by atoms with Gasteiger partial charge in [0, 0.05) is 25.6 Å². The summed E-state index contributed by atoms with van der Waals surface area (Å²) in [5.74, 6) is -0.00969. The summed E-state index contributed by atoms with van der Waals surface area (Å²) in [6, 6.07) is 11.5. The monoisotopic (exact) mass is 396 g/mol. The van der Waals surface area contributed by atoms with Crippen LogP contribution in [-0.2, 0) is 4.79 Å². The first-order valence-electron chi connectivity index (χ1n) is 10.6. The fourth-order valence-corrected chi connectivity index (χ4v) is 4.85. The molecule has 0 spiro atoms. The Balaban J connectivity index is 1.89. The van der Waals surface area contributed by atoms with Crippen LogP contribution >= 0.6 is 0 Å². The summed E-state index contributed by atoms with van der Waals surface area (Å²) < 4.78 is 13.6. The Morgan fingerprint density at radius 2 is 1.86 bits per heavy atom. The largest absolute Gasteiger partial charge is 0.342 e. The van der Waals surface area contributed by atoms with Gasteiger partial charge in [0.25, 0.3) is 0 Å². The lowest BCUT2D eigenvalue weighted by atomic mass is 9.83. The van der Waals surface area contributed by atoms with Crippen molar-refractivity contribution in [1.82, 2.24) is 10.2 Å². The number of hydrogen-bond acceptors (Lipinski definition) is 2. The molecule has 4 heteroatoms. The van der Waals surface area contributed by atoms with E-state index < -0.39 is 0 Å². The maximum atomic E-state index is 13.6. The Labute approximate surface area is 174 Å². The van der Waals surface area contributed by atoms with Gasteiger partial charge < -0.3 is 10.2 Å². The zero-order valence-corrected chi connectivity index (χ0v) is 18.3. The molecule has 1 saturated heterocycles. The van der Waals surface area contributed by atoms with Crippen molar-refractivity contribution in [3.63, 3.8) is 0 Å². The van der Waals surface area contributed by atoms with Crippen LogP contribution in [0.15, 0.2) is 36.4 Å². The number of nitrogens with zero attached hydrogens (tertiary/aromatic N) is 1. The van der Waals surface area contributed by atoms with Crippen molar-refractivity contribution < 1.29 is 9.18 Å². The third-order valence-electron chi connectivity index (χ3n) is 6.27. The van der Waals surface area contributed by atoms with E-state index in [0.29, 0.717) is 0 Å². The highest BCUT2D eigenvalue weighted by Crippen LogP contribution is 2.32. The van der Waals surface area contributed by atoms with Gasteiger partial charge in [0.2, 0.25) is 5.91 Å². The van der Waals surface area contributed by atoms with Crippen molar-refractivity contribution in [2.75, 3.05) is 20.1 Å². The van der Waals surface area contributed by atoms with Gasteiger partial charge in [-0.1, -0.05) is 42.3 Å². The van der Waals surface area contributed by atoms with E-state index in [1.54, 1.807) is 6.07 Å². The van der Waals surface area contributed by atoms with Crippen molar-refractivity contribution in [3.05, 3.63) is 70.0 Å². The van der Waals surface area contributed by atoms with Gasteiger partial charge in [-0.15, -0.1) is 0 Å². The maximum Gasteiger partial charge on any atom is 0.230 e. The van der Waals surface area contributed by atoms with Crippen LogP contribution in [0, 0.1) is 26.6 Å². The molecule has 156 valence electrons. The smallest absolute Gasteiger partial charge is 0.230 e. The molecular weight excluding hydrogens is 363 g/mol. The molecule has 29 heavy (non-hydrogen) atoms. The first-order chi connectivity index (χ1) is 13.8. The molecule has 3 rings (SSSR count). The van der Waals surface area contributed by atoms with Gasteiger partial charge in [-0.05, 0) is 69.0 Å². The Kier molecular flexibility index (Phi) is 6.74. The van der Waals surface area contributed by atoms with Crippen LogP contribution in [0.1, 0.15) is 59.4 Å². The van der Waals surface area contributed by atoms with Crippen LogP contribution in [0.2, 0.25) is 0 Å². The summed E-state index contributed by atoms with van der Waals surface area (Å²) >= 11 is 0. The Morgan fingerprint density at radius 1 is 1.17 bits per heavy atom. The molecule has 0 aliphatic carbocycles. The first kappa shape index (κ1) is 21.5. The lowest BCUT2D eigenvalue weighted by Crippen LogP contribution is -2.50. The standard InChI is InChI=1S/C25H33FN2O/c1-6-21(19-12-16(2)11-17(3)13-19)25(29)28(5)24-9-10-27-15-23(24)22-8-7-20(26)14-18(22)4/h7-8,11-14,21,23-24,27H,6,9-10,15H2,1-5H3/t21-,23+,24-/m1/s1. The zero-order valence-electron chi connectivity index (χ0n) is 18.3. The van der Waals surface area contributed by atoms with Gasteiger partial charge in [-0.3, -0.25) is 4.79 Å². The number of rotatable bonds is 5. The minimum atomic E-state index is -0.211. The van der Waals surface area contributed by atoms with E-state index in [-0.39, 0.29) is 29.6 Å². The van der Waals surface area contributed by atoms with Crippen molar-refractivity contribution in [1.29, 1.82) is 0 Å². The highest BCUT2D eigenvalue weighted by Gasteiger charge is 2.35. The van der Waals surface area contributed by atoms with Crippen LogP contribution in [0.5, 0.6) is 0 Å². The number of likely N-dealkylation sites (N-methyl/N-ethyl adjacent to an activating group) is 1. The molecule has 0 saturated carbocycles. The fourth-order valence-electron chi connectivity index (χ4n) is 4.85. The average Bonchev–Trinajstić information content (AvgIpc) is 2.67. The second kappa shape index (κ2) is 9.08. The van der Waals surface area contributed by atoms with Gasteiger partial charge >= 0.3 is 0 Å². The second-order valence-electron chi connectivity index (χ2n) is 8.50. The van der Waals surface area contributed by atoms with Crippen LogP contribution < -0.4 is 5.32 Å². The molecule has 2 aromatic carbocycles. The molecule has 3 nitrogen and oxygen atoms in total. The highest BCUT2D eigenvalue weighted by molar-refractivity contribution is 5.84. The molecule has 1 amide bonds. The Morgan fingerprint density at radius 3 is 2.48 bits per heavy atom. The summed E-state index contributed by atoms with van der Waals surface area (Å²) in [5.41, 5.74) is 5.56. The number of nitrogens with one attached hydrogen (secondary N) is 1. The lowest BCUT2D eigenvalue weighted by molar-refractivity contribution is -0.134. The summed E-state index contributed by atoms with van der Waals surface area (Å²) in [6.07, 6.45) is 1.67. The molecule has 0 aromatic heterocycles. The lowest BCUT2D eigenvalue weighted by Gasteiger charge is -2.40. The predicted molar refractivity (Wildman–Crippen MR) is 117 cm³/mol. The zero-order chi connectivity index (χ0) is 21.1. The summed E-state index contributed by atoms with van der Waals surface area (Å²) in [6.45, 7) is 9.89. The van der Waals surface area contributed by atoms with Crippen LogP contribution in [0.3, 0.4) is 0 Å². The van der Waals surface area contributed by atoms with Gasteiger partial charge in [0.1, 0.15) is 5.82 Å². The first-order valence-corrected chi connectivity index (χ1v) is 10.6. The molecule has 1 aliphatic heterocycles. The van der Waals surface area contributed by atoms with E-state index >= 15 is 0 Å². The van der Waals surface area contributed by atoms with E-state index in [1.807, 2.05) is 24.9 Å². The van der Waals surface area contributed by atoms with Gasteiger partial charge in [-0.2, -0.15) is 0 Å². The summed E-state index contributed by atoms with van der Waals surface area (Å²) in [5, 5.41) is 3.46. The van der Waals surface area contributed by atoms with E-state index in [1.165, 1.54) is 17.2 Å². The topological polar surface area (TPSA) is 32.3 Å². The number of carbonyl (C=O) groups excluding carboxylic acids is 1. The minimum absolute atomic E-state index is 0.105. The number of aryl methyl sites for hydroxylation is 3. The van der Waals surface area contributed by atoms with Crippen LogP contribution in [-0.4, -0.2) is 37.0 Å². The van der Waals surface area contributed by atoms with E-state index in [4.69, 9.17) is 0 Å². The van der Waals surface area contributed by atoms with Crippen LogP contribution in [0.4, 0.5) is 4.39 Å². The quantitative estimate of drug-likeness (QED) is 0.784. The van der Waals surface area contributed by atoms with Crippen molar-refractivity contribution >= 4 is 5.91 Å².